The molecule has 1 aliphatic rings. The summed E-state index contributed by atoms with van der Waals surface area (Å²) < 4.78 is 54.6. The average molecular weight is 423 g/mol. The zero-order valence-electron chi connectivity index (χ0n) is 16.7. The molecular weight excluding hydrogens is 402 g/mol. The van der Waals surface area contributed by atoms with E-state index in [9.17, 15) is 27.2 Å². The highest BCUT2D eigenvalue weighted by Crippen LogP contribution is 2.37. The summed E-state index contributed by atoms with van der Waals surface area (Å²) in [5.41, 5.74) is -0.305. The number of nitrogens with one attached hydrogen (secondary N) is 1. The van der Waals surface area contributed by atoms with Gasteiger partial charge in [0.25, 0.3) is 0 Å². The molecule has 0 aromatic heterocycles. The molecule has 1 heterocycles. The Morgan fingerprint density at radius 1 is 1.17 bits per heavy atom. The van der Waals surface area contributed by atoms with Gasteiger partial charge in [0.2, 0.25) is 11.8 Å². The molecule has 0 radical (unpaired) electrons. The summed E-state index contributed by atoms with van der Waals surface area (Å²) in [4.78, 5) is 27.6. The minimum Gasteiger partial charge on any atom is -0.378 e. The van der Waals surface area contributed by atoms with Crippen LogP contribution in [-0.2, 0) is 15.8 Å². The van der Waals surface area contributed by atoms with Crippen molar-refractivity contribution in [3.8, 4) is 0 Å². The molecule has 1 N–H and O–H groups in total. The molecule has 0 aliphatic carbocycles. The molecule has 0 saturated carbocycles. The van der Waals surface area contributed by atoms with Crippen LogP contribution in [0.3, 0.4) is 0 Å². The van der Waals surface area contributed by atoms with Gasteiger partial charge in [0, 0.05) is 32.7 Å². The van der Waals surface area contributed by atoms with E-state index in [-0.39, 0.29) is 24.3 Å². The first-order valence-electron chi connectivity index (χ1n) is 9.23. The average Bonchev–Trinajstić information content (AvgIpc) is 3.02. The Morgan fingerprint density at radius 2 is 1.87 bits per heavy atom. The number of benzene rings is 2. The van der Waals surface area contributed by atoms with Crippen molar-refractivity contribution < 1.29 is 27.2 Å². The van der Waals surface area contributed by atoms with Crippen LogP contribution >= 0.6 is 0 Å². The fraction of sp³-hybridized carbons (Fsp3) is 0.333. The molecule has 1 aliphatic heterocycles. The fourth-order valence-electron chi connectivity index (χ4n) is 3.34. The van der Waals surface area contributed by atoms with Gasteiger partial charge in [0.15, 0.2) is 0 Å². The molecule has 160 valence electrons. The second-order valence-electron chi connectivity index (χ2n) is 7.47. The van der Waals surface area contributed by atoms with Crippen LogP contribution in [0.4, 0.5) is 34.6 Å². The highest BCUT2D eigenvalue weighted by molar-refractivity contribution is 6.03. The van der Waals surface area contributed by atoms with Crippen LogP contribution in [-0.4, -0.2) is 32.5 Å². The topological polar surface area (TPSA) is 52.7 Å². The molecular formula is C21H21F4N3O2. The molecule has 1 unspecified atom stereocenters. The number of hydrogen-bond acceptors (Lipinski definition) is 3. The van der Waals surface area contributed by atoms with Crippen LogP contribution in [0, 0.1) is 18.7 Å². The smallest absolute Gasteiger partial charge is 0.378 e. The van der Waals surface area contributed by atoms with Crippen molar-refractivity contribution in [2.24, 2.45) is 5.92 Å². The molecule has 2 aromatic carbocycles. The van der Waals surface area contributed by atoms with Crippen LogP contribution in [0.5, 0.6) is 0 Å². The number of alkyl halides is 3. The predicted octanol–water partition coefficient (Wildman–Crippen LogP) is 4.21. The molecule has 2 aromatic rings. The van der Waals surface area contributed by atoms with Crippen molar-refractivity contribution in [3.63, 3.8) is 0 Å². The van der Waals surface area contributed by atoms with Gasteiger partial charge >= 0.3 is 6.18 Å². The zero-order chi connectivity index (χ0) is 22.2. The molecule has 5 nitrogen and oxygen atoms in total. The Labute approximate surface area is 171 Å². The first kappa shape index (κ1) is 21.6. The number of anilines is 3. The lowest BCUT2D eigenvalue weighted by atomic mass is 10.1. The van der Waals surface area contributed by atoms with E-state index < -0.39 is 35.3 Å². The van der Waals surface area contributed by atoms with Crippen molar-refractivity contribution in [1.82, 2.24) is 0 Å². The Morgan fingerprint density at radius 3 is 2.47 bits per heavy atom. The lowest BCUT2D eigenvalue weighted by Gasteiger charge is -2.20. The second kappa shape index (κ2) is 7.97. The first-order valence-corrected chi connectivity index (χ1v) is 9.23. The maximum absolute atomic E-state index is 14.2. The van der Waals surface area contributed by atoms with Crippen LogP contribution in [0.25, 0.3) is 0 Å². The van der Waals surface area contributed by atoms with Gasteiger partial charge in [-0.3, -0.25) is 9.59 Å². The van der Waals surface area contributed by atoms with Gasteiger partial charge < -0.3 is 15.1 Å². The molecule has 30 heavy (non-hydrogen) atoms. The van der Waals surface area contributed by atoms with Crippen molar-refractivity contribution in [3.05, 3.63) is 53.3 Å². The van der Waals surface area contributed by atoms with Crippen LogP contribution < -0.4 is 15.1 Å². The van der Waals surface area contributed by atoms with Crippen LogP contribution in [0.15, 0.2) is 36.4 Å². The number of halogens is 4. The molecule has 0 spiro atoms. The third-order valence-electron chi connectivity index (χ3n) is 4.97. The summed E-state index contributed by atoms with van der Waals surface area (Å²) >= 11 is 0. The quantitative estimate of drug-likeness (QED) is 0.750. The number of carbonyl (C=O) groups excluding carboxylic acids is 2. The number of aryl methyl sites for hydroxylation is 1. The summed E-state index contributed by atoms with van der Waals surface area (Å²) in [6.45, 7) is 1.59. The van der Waals surface area contributed by atoms with Gasteiger partial charge in [0.05, 0.1) is 22.9 Å². The van der Waals surface area contributed by atoms with E-state index in [4.69, 9.17) is 0 Å². The minimum absolute atomic E-state index is 0.0483. The van der Waals surface area contributed by atoms with Crippen molar-refractivity contribution in [2.75, 3.05) is 35.8 Å². The van der Waals surface area contributed by atoms with Crippen LogP contribution in [0.1, 0.15) is 17.5 Å². The standard InChI is InChI=1S/C21H21F4N3O2/c1-12-4-7-18(16(22)8-12)28-11-13(9-19(28)29)20(30)26-17-6-5-14(27(2)3)10-15(17)21(23,24)25/h4-8,10,13H,9,11H2,1-3H3,(H,26,30). The van der Waals surface area contributed by atoms with Gasteiger partial charge in [-0.2, -0.15) is 13.2 Å². The number of nitrogens with zero attached hydrogens (tertiary/aromatic N) is 2. The fourth-order valence-corrected chi connectivity index (χ4v) is 3.34. The summed E-state index contributed by atoms with van der Waals surface area (Å²) in [6.07, 6.45) is -4.88. The van der Waals surface area contributed by atoms with Gasteiger partial charge in [-0.15, -0.1) is 0 Å². The SMILES string of the molecule is Cc1ccc(N2CC(C(=O)Nc3ccc(N(C)C)cc3C(F)(F)F)CC2=O)c(F)c1. The molecule has 9 heteroatoms. The summed E-state index contributed by atoms with van der Waals surface area (Å²) in [6, 6.07) is 7.95. The van der Waals surface area contributed by atoms with Crippen molar-refractivity contribution in [1.29, 1.82) is 0 Å². The predicted molar refractivity (Wildman–Crippen MR) is 106 cm³/mol. The van der Waals surface area contributed by atoms with E-state index in [0.717, 1.165) is 11.0 Å². The summed E-state index contributed by atoms with van der Waals surface area (Å²) in [5.74, 6) is -2.67. The second-order valence-corrected chi connectivity index (χ2v) is 7.47. The molecule has 3 rings (SSSR count). The normalized spacial score (nSPS) is 16.7. The first-order chi connectivity index (χ1) is 14.0. The van der Waals surface area contributed by atoms with E-state index in [0.29, 0.717) is 11.3 Å². The van der Waals surface area contributed by atoms with E-state index in [1.165, 1.54) is 29.2 Å². The Kier molecular flexibility index (Phi) is 5.74. The van der Waals surface area contributed by atoms with Gasteiger partial charge in [0.1, 0.15) is 5.82 Å². The maximum atomic E-state index is 14.2. The summed E-state index contributed by atoms with van der Waals surface area (Å²) in [5, 5.41) is 2.29. The number of carbonyl (C=O) groups is 2. The van der Waals surface area contributed by atoms with E-state index in [1.54, 1.807) is 27.1 Å². The zero-order valence-corrected chi connectivity index (χ0v) is 16.7. The highest BCUT2D eigenvalue weighted by atomic mass is 19.4. The molecule has 1 fully saturated rings. The number of rotatable bonds is 4. The Hall–Kier alpha value is -3.10. The largest absolute Gasteiger partial charge is 0.418 e. The van der Waals surface area contributed by atoms with Gasteiger partial charge in [-0.1, -0.05) is 6.07 Å². The number of hydrogen-bond donors (Lipinski definition) is 1. The van der Waals surface area contributed by atoms with Crippen LogP contribution in [0.2, 0.25) is 0 Å². The third kappa shape index (κ3) is 4.39. The minimum atomic E-state index is -4.67. The third-order valence-corrected chi connectivity index (χ3v) is 4.97. The molecule has 1 atom stereocenters. The molecule has 2 amide bonds. The van der Waals surface area contributed by atoms with Crippen molar-refractivity contribution >= 4 is 28.9 Å². The van der Waals surface area contributed by atoms with E-state index in [2.05, 4.69) is 5.32 Å². The monoisotopic (exact) mass is 423 g/mol. The highest BCUT2D eigenvalue weighted by Gasteiger charge is 2.38. The Bertz CT molecular complexity index is 989. The van der Waals surface area contributed by atoms with Gasteiger partial charge in [-0.25, -0.2) is 4.39 Å². The Balaban J connectivity index is 1.81. The van der Waals surface area contributed by atoms with Crippen molar-refractivity contribution in [2.45, 2.75) is 19.5 Å². The van der Waals surface area contributed by atoms with Gasteiger partial charge in [-0.05, 0) is 42.8 Å². The van der Waals surface area contributed by atoms with E-state index in [1.807, 2.05) is 0 Å². The summed E-state index contributed by atoms with van der Waals surface area (Å²) in [7, 11) is 3.22. The maximum Gasteiger partial charge on any atom is 0.418 e. The lowest BCUT2D eigenvalue weighted by molar-refractivity contribution is -0.137. The molecule has 1 saturated heterocycles. The molecule has 0 bridgehead atoms. The number of amides is 2. The lowest BCUT2D eigenvalue weighted by Crippen LogP contribution is -2.29. The van der Waals surface area contributed by atoms with E-state index >= 15 is 0 Å².